The molecule has 1 saturated carbocycles. The molecule has 0 heterocycles. The van der Waals surface area contributed by atoms with Crippen molar-refractivity contribution in [3.05, 3.63) is 35.4 Å². The Morgan fingerprint density at radius 1 is 1.33 bits per heavy atom. The Bertz CT molecular complexity index is 313. The molecule has 1 aromatic rings. The van der Waals surface area contributed by atoms with Gasteiger partial charge >= 0.3 is 0 Å². The molecule has 0 saturated heterocycles. The standard InChI is InChI=1S/C14H21N/c1-11-4-3-5-13(8-11)6-7-15-14-9-12(2)10-14/h3-5,8,12,14-15H,6-7,9-10H2,1-2H3. The average molecular weight is 203 g/mol. The molecule has 2 rings (SSSR count). The molecule has 1 fully saturated rings. The Kier molecular flexibility index (Phi) is 3.42. The molecule has 1 heteroatoms. The lowest BCUT2D eigenvalue weighted by atomic mass is 9.82. The summed E-state index contributed by atoms with van der Waals surface area (Å²) in [5.41, 5.74) is 2.82. The van der Waals surface area contributed by atoms with Crippen LogP contribution in [0.15, 0.2) is 24.3 Å². The van der Waals surface area contributed by atoms with E-state index < -0.39 is 0 Å². The van der Waals surface area contributed by atoms with Crippen molar-refractivity contribution in [2.45, 2.75) is 39.2 Å². The molecule has 0 unspecified atom stereocenters. The van der Waals surface area contributed by atoms with Crippen molar-refractivity contribution in [3.8, 4) is 0 Å². The quantitative estimate of drug-likeness (QED) is 0.793. The molecule has 0 aromatic heterocycles. The van der Waals surface area contributed by atoms with E-state index in [0.717, 1.165) is 24.9 Å². The van der Waals surface area contributed by atoms with E-state index in [9.17, 15) is 0 Å². The maximum absolute atomic E-state index is 3.62. The maximum Gasteiger partial charge on any atom is 0.00722 e. The summed E-state index contributed by atoms with van der Waals surface area (Å²) < 4.78 is 0. The van der Waals surface area contributed by atoms with Crippen LogP contribution in [0.2, 0.25) is 0 Å². The predicted octanol–water partition coefficient (Wildman–Crippen LogP) is 2.93. The summed E-state index contributed by atoms with van der Waals surface area (Å²) in [7, 11) is 0. The third-order valence-corrected chi connectivity index (χ3v) is 3.30. The lowest BCUT2D eigenvalue weighted by Crippen LogP contribution is -2.40. The van der Waals surface area contributed by atoms with Crippen molar-refractivity contribution in [1.29, 1.82) is 0 Å². The molecule has 0 spiro atoms. The fraction of sp³-hybridized carbons (Fsp3) is 0.571. The summed E-state index contributed by atoms with van der Waals surface area (Å²) in [6.45, 7) is 5.62. The van der Waals surface area contributed by atoms with Gasteiger partial charge in [0.2, 0.25) is 0 Å². The second kappa shape index (κ2) is 4.80. The summed E-state index contributed by atoms with van der Waals surface area (Å²) in [4.78, 5) is 0. The average Bonchev–Trinajstić information content (AvgIpc) is 2.15. The van der Waals surface area contributed by atoms with Gasteiger partial charge in [0.1, 0.15) is 0 Å². The molecule has 1 aliphatic rings. The Labute approximate surface area is 92.9 Å². The topological polar surface area (TPSA) is 12.0 Å². The minimum absolute atomic E-state index is 0.796. The summed E-state index contributed by atoms with van der Waals surface area (Å²) in [6, 6.07) is 9.61. The summed E-state index contributed by atoms with van der Waals surface area (Å²) >= 11 is 0. The van der Waals surface area contributed by atoms with Gasteiger partial charge in [-0.3, -0.25) is 0 Å². The highest BCUT2D eigenvalue weighted by Gasteiger charge is 2.23. The van der Waals surface area contributed by atoms with Crippen LogP contribution < -0.4 is 5.32 Å². The fourth-order valence-electron chi connectivity index (χ4n) is 2.36. The normalized spacial score (nSPS) is 24.9. The first-order chi connectivity index (χ1) is 7.24. The zero-order chi connectivity index (χ0) is 10.7. The van der Waals surface area contributed by atoms with Gasteiger partial charge in [0.15, 0.2) is 0 Å². The Hall–Kier alpha value is -0.820. The lowest BCUT2D eigenvalue weighted by molar-refractivity contribution is 0.243. The van der Waals surface area contributed by atoms with Crippen LogP contribution >= 0.6 is 0 Å². The first-order valence-electron chi connectivity index (χ1n) is 6.03. The van der Waals surface area contributed by atoms with Crippen molar-refractivity contribution < 1.29 is 0 Å². The van der Waals surface area contributed by atoms with E-state index in [1.807, 2.05) is 0 Å². The molecule has 0 aliphatic heterocycles. The SMILES string of the molecule is Cc1cccc(CCNC2CC(C)C2)c1. The van der Waals surface area contributed by atoms with E-state index in [-0.39, 0.29) is 0 Å². The molecule has 0 bridgehead atoms. The molecule has 1 aliphatic carbocycles. The van der Waals surface area contributed by atoms with E-state index >= 15 is 0 Å². The molecule has 0 amide bonds. The minimum atomic E-state index is 0.796. The summed E-state index contributed by atoms with van der Waals surface area (Å²) in [5.74, 6) is 0.946. The lowest BCUT2D eigenvalue weighted by Gasteiger charge is -2.33. The van der Waals surface area contributed by atoms with Crippen LogP contribution in [-0.2, 0) is 6.42 Å². The third kappa shape index (κ3) is 3.07. The Balaban J connectivity index is 1.69. The zero-order valence-corrected chi connectivity index (χ0v) is 9.79. The van der Waals surface area contributed by atoms with Crippen LogP contribution in [0.5, 0.6) is 0 Å². The largest absolute Gasteiger partial charge is 0.314 e. The number of rotatable bonds is 4. The first kappa shape index (κ1) is 10.7. The molecule has 1 N–H and O–H groups in total. The molecule has 0 radical (unpaired) electrons. The van der Waals surface area contributed by atoms with Gasteiger partial charge in [0.25, 0.3) is 0 Å². The number of benzene rings is 1. The van der Waals surface area contributed by atoms with Crippen molar-refractivity contribution in [1.82, 2.24) is 5.32 Å². The molecule has 15 heavy (non-hydrogen) atoms. The van der Waals surface area contributed by atoms with E-state index in [0.29, 0.717) is 0 Å². The first-order valence-corrected chi connectivity index (χ1v) is 6.03. The van der Waals surface area contributed by atoms with Crippen LogP contribution in [0.25, 0.3) is 0 Å². The molecular weight excluding hydrogens is 182 g/mol. The summed E-state index contributed by atoms with van der Waals surface area (Å²) in [5, 5.41) is 3.62. The second-order valence-electron chi connectivity index (χ2n) is 4.97. The smallest absolute Gasteiger partial charge is 0.00722 e. The second-order valence-corrected chi connectivity index (χ2v) is 4.97. The van der Waals surface area contributed by atoms with E-state index in [1.165, 1.54) is 24.0 Å². The van der Waals surface area contributed by atoms with Gasteiger partial charge in [-0.1, -0.05) is 36.8 Å². The van der Waals surface area contributed by atoms with Gasteiger partial charge in [0.05, 0.1) is 0 Å². The van der Waals surface area contributed by atoms with E-state index in [2.05, 4.69) is 43.4 Å². The van der Waals surface area contributed by atoms with Gasteiger partial charge in [0, 0.05) is 6.04 Å². The highest BCUT2D eigenvalue weighted by Crippen LogP contribution is 2.25. The molecule has 82 valence electrons. The van der Waals surface area contributed by atoms with Gasteiger partial charge in [-0.05, 0) is 44.2 Å². The zero-order valence-electron chi connectivity index (χ0n) is 9.79. The Morgan fingerprint density at radius 2 is 2.13 bits per heavy atom. The van der Waals surface area contributed by atoms with Crippen molar-refractivity contribution in [2.75, 3.05) is 6.54 Å². The summed E-state index contributed by atoms with van der Waals surface area (Å²) in [6.07, 6.45) is 3.90. The minimum Gasteiger partial charge on any atom is -0.314 e. The number of aryl methyl sites for hydroxylation is 1. The van der Waals surface area contributed by atoms with Crippen molar-refractivity contribution >= 4 is 0 Å². The van der Waals surface area contributed by atoms with Gasteiger partial charge in [-0.25, -0.2) is 0 Å². The number of nitrogens with one attached hydrogen (secondary N) is 1. The molecule has 0 atom stereocenters. The van der Waals surface area contributed by atoms with Gasteiger partial charge in [-0.2, -0.15) is 0 Å². The van der Waals surface area contributed by atoms with Crippen LogP contribution in [0.1, 0.15) is 30.9 Å². The van der Waals surface area contributed by atoms with Crippen LogP contribution in [0.3, 0.4) is 0 Å². The fourth-order valence-corrected chi connectivity index (χ4v) is 2.36. The third-order valence-electron chi connectivity index (χ3n) is 3.30. The molecule has 1 aromatic carbocycles. The van der Waals surface area contributed by atoms with Gasteiger partial charge in [-0.15, -0.1) is 0 Å². The van der Waals surface area contributed by atoms with Crippen LogP contribution in [0.4, 0.5) is 0 Å². The van der Waals surface area contributed by atoms with E-state index in [4.69, 9.17) is 0 Å². The maximum atomic E-state index is 3.62. The van der Waals surface area contributed by atoms with Crippen molar-refractivity contribution in [2.24, 2.45) is 5.92 Å². The number of hydrogen-bond acceptors (Lipinski definition) is 1. The molecular formula is C14H21N. The van der Waals surface area contributed by atoms with Crippen LogP contribution in [-0.4, -0.2) is 12.6 Å². The molecule has 1 nitrogen and oxygen atoms in total. The highest BCUT2D eigenvalue weighted by atomic mass is 14.9. The van der Waals surface area contributed by atoms with Crippen molar-refractivity contribution in [3.63, 3.8) is 0 Å². The predicted molar refractivity (Wildman–Crippen MR) is 65.1 cm³/mol. The Morgan fingerprint density at radius 3 is 2.80 bits per heavy atom. The van der Waals surface area contributed by atoms with Crippen LogP contribution in [0, 0.1) is 12.8 Å². The number of hydrogen-bond donors (Lipinski definition) is 1. The van der Waals surface area contributed by atoms with Gasteiger partial charge < -0.3 is 5.32 Å². The highest BCUT2D eigenvalue weighted by molar-refractivity contribution is 5.22. The monoisotopic (exact) mass is 203 g/mol. The van der Waals surface area contributed by atoms with E-state index in [1.54, 1.807) is 0 Å².